The van der Waals surface area contributed by atoms with Crippen molar-refractivity contribution < 1.29 is 0 Å². The molecule has 1 aromatic heterocycles. The maximum atomic E-state index is 4.59. The molecule has 2 aromatic rings. The first-order valence-corrected chi connectivity index (χ1v) is 9.34. The Morgan fingerprint density at radius 1 is 1.09 bits per heavy atom. The van der Waals surface area contributed by atoms with Crippen LogP contribution in [-0.2, 0) is 7.05 Å². The highest BCUT2D eigenvalue weighted by Crippen LogP contribution is 2.46. The molecule has 0 aliphatic heterocycles. The van der Waals surface area contributed by atoms with Crippen LogP contribution in [0.4, 0.5) is 0 Å². The highest BCUT2D eigenvalue weighted by molar-refractivity contribution is 7.16. The number of aromatic nitrogens is 1. The number of allylic oxidation sites excluding steroid dienone is 2. The van der Waals surface area contributed by atoms with Crippen LogP contribution in [0.2, 0.25) is 0 Å². The van der Waals surface area contributed by atoms with Gasteiger partial charge < -0.3 is 4.57 Å². The second-order valence-corrected chi connectivity index (χ2v) is 8.05. The standard InChI is InChI=1S/C19H23N3S/c1-19-11-6-5-7-14(19)13-15(10-12-19)20-21-18-22(2)16-8-3-4-9-17(16)23-18/h3-4,8-9,13H,5-7,10-12H2,1-2H3/b20-15-,21-18-/t19-/m0/s1. The van der Waals surface area contributed by atoms with Crippen molar-refractivity contribution in [3.8, 4) is 0 Å². The van der Waals surface area contributed by atoms with E-state index in [0.29, 0.717) is 5.41 Å². The molecule has 1 heterocycles. The van der Waals surface area contributed by atoms with Crippen LogP contribution in [-0.4, -0.2) is 10.3 Å². The minimum Gasteiger partial charge on any atom is -0.318 e. The van der Waals surface area contributed by atoms with Crippen molar-refractivity contribution in [3.05, 3.63) is 40.7 Å². The Morgan fingerprint density at radius 3 is 2.83 bits per heavy atom. The van der Waals surface area contributed by atoms with Crippen LogP contribution in [0.5, 0.6) is 0 Å². The summed E-state index contributed by atoms with van der Waals surface area (Å²) in [6, 6.07) is 8.42. The molecular formula is C19H23N3S. The Kier molecular flexibility index (Phi) is 3.72. The smallest absolute Gasteiger partial charge is 0.211 e. The molecule has 120 valence electrons. The summed E-state index contributed by atoms with van der Waals surface area (Å²) in [5, 5.41) is 9.14. The number of thiazole rings is 1. The Balaban J connectivity index is 1.70. The van der Waals surface area contributed by atoms with E-state index < -0.39 is 0 Å². The molecule has 0 radical (unpaired) electrons. The average molecular weight is 325 g/mol. The second kappa shape index (κ2) is 5.75. The fourth-order valence-electron chi connectivity index (χ4n) is 3.87. The largest absolute Gasteiger partial charge is 0.318 e. The first-order valence-electron chi connectivity index (χ1n) is 8.52. The van der Waals surface area contributed by atoms with Crippen molar-refractivity contribution in [1.82, 2.24) is 4.57 Å². The summed E-state index contributed by atoms with van der Waals surface area (Å²) in [6.45, 7) is 2.43. The van der Waals surface area contributed by atoms with Gasteiger partial charge in [0.05, 0.1) is 15.9 Å². The Labute approximate surface area is 141 Å². The Morgan fingerprint density at radius 2 is 1.96 bits per heavy atom. The molecule has 3 nitrogen and oxygen atoms in total. The van der Waals surface area contributed by atoms with Crippen LogP contribution in [0.25, 0.3) is 10.2 Å². The van der Waals surface area contributed by atoms with Gasteiger partial charge in [-0.2, -0.15) is 5.10 Å². The highest BCUT2D eigenvalue weighted by atomic mass is 32.1. The van der Waals surface area contributed by atoms with Crippen LogP contribution in [0.15, 0.2) is 46.1 Å². The maximum absolute atomic E-state index is 4.59. The monoisotopic (exact) mass is 325 g/mol. The van der Waals surface area contributed by atoms with Gasteiger partial charge in [-0.3, -0.25) is 0 Å². The normalized spacial score (nSPS) is 27.3. The van der Waals surface area contributed by atoms with Crippen LogP contribution in [0.1, 0.15) is 45.4 Å². The molecule has 1 saturated carbocycles. The molecule has 2 aliphatic rings. The van der Waals surface area contributed by atoms with E-state index in [0.717, 1.165) is 16.9 Å². The molecular weight excluding hydrogens is 302 g/mol. The molecule has 1 fully saturated rings. The first-order chi connectivity index (χ1) is 11.2. The number of hydrogen-bond donors (Lipinski definition) is 0. The van der Waals surface area contributed by atoms with Crippen LogP contribution in [0, 0.1) is 5.41 Å². The number of hydrogen-bond acceptors (Lipinski definition) is 3. The molecule has 0 N–H and O–H groups in total. The summed E-state index contributed by atoms with van der Waals surface area (Å²) in [6.07, 6.45) is 9.91. The van der Waals surface area contributed by atoms with Gasteiger partial charge >= 0.3 is 0 Å². The van der Waals surface area contributed by atoms with E-state index in [1.807, 2.05) is 0 Å². The van der Waals surface area contributed by atoms with Gasteiger partial charge in [0.1, 0.15) is 0 Å². The van der Waals surface area contributed by atoms with Gasteiger partial charge in [0.25, 0.3) is 0 Å². The maximum Gasteiger partial charge on any atom is 0.211 e. The SMILES string of the molecule is Cn1/c(=N/N=C2\C=C3CCCC[C@@]3(C)CC2)sc2ccccc21. The highest BCUT2D eigenvalue weighted by Gasteiger charge is 2.34. The minimum absolute atomic E-state index is 0.430. The number of nitrogens with zero attached hydrogens (tertiary/aromatic N) is 3. The van der Waals surface area contributed by atoms with Gasteiger partial charge in [-0.1, -0.05) is 42.4 Å². The number of benzene rings is 1. The van der Waals surface area contributed by atoms with E-state index in [1.165, 1.54) is 42.3 Å². The van der Waals surface area contributed by atoms with Crippen LogP contribution in [0.3, 0.4) is 0 Å². The third kappa shape index (κ3) is 2.69. The predicted octanol–water partition coefficient (Wildman–Crippen LogP) is 4.80. The molecule has 23 heavy (non-hydrogen) atoms. The van der Waals surface area contributed by atoms with E-state index in [4.69, 9.17) is 0 Å². The number of fused-ring (bicyclic) bond motifs is 2. The van der Waals surface area contributed by atoms with E-state index in [-0.39, 0.29) is 0 Å². The lowest BCUT2D eigenvalue weighted by Gasteiger charge is -2.39. The molecule has 0 amide bonds. The lowest BCUT2D eigenvalue weighted by atomic mass is 9.66. The topological polar surface area (TPSA) is 29.6 Å². The van der Waals surface area contributed by atoms with Gasteiger partial charge in [-0.05, 0) is 55.7 Å². The summed E-state index contributed by atoms with van der Waals surface area (Å²) in [4.78, 5) is 0.967. The van der Waals surface area contributed by atoms with E-state index in [9.17, 15) is 0 Å². The fraction of sp³-hybridized carbons (Fsp3) is 0.474. The summed E-state index contributed by atoms with van der Waals surface area (Å²) >= 11 is 1.70. The molecule has 0 saturated heterocycles. The zero-order valence-corrected chi connectivity index (χ0v) is 14.7. The first kappa shape index (κ1) is 14.9. The third-order valence-corrected chi connectivity index (χ3v) is 6.56. The van der Waals surface area contributed by atoms with Crippen molar-refractivity contribution in [2.24, 2.45) is 22.7 Å². The predicted molar refractivity (Wildman–Crippen MR) is 97.7 cm³/mol. The molecule has 0 spiro atoms. The Hall–Kier alpha value is -1.68. The van der Waals surface area contributed by atoms with Crippen molar-refractivity contribution in [2.75, 3.05) is 0 Å². The van der Waals surface area contributed by atoms with Crippen molar-refractivity contribution in [2.45, 2.75) is 45.4 Å². The van der Waals surface area contributed by atoms with Gasteiger partial charge in [0.15, 0.2) is 0 Å². The van der Waals surface area contributed by atoms with Gasteiger partial charge in [-0.25, -0.2) is 0 Å². The molecule has 4 heteroatoms. The third-order valence-electron chi connectivity index (χ3n) is 5.45. The van der Waals surface area contributed by atoms with E-state index in [1.54, 1.807) is 16.9 Å². The molecule has 1 atom stereocenters. The number of aryl methyl sites for hydroxylation is 1. The zero-order valence-electron chi connectivity index (χ0n) is 13.9. The molecule has 0 unspecified atom stereocenters. The summed E-state index contributed by atoms with van der Waals surface area (Å²) in [5.74, 6) is 0. The van der Waals surface area contributed by atoms with Crippen LogP contribution < -0.4 is 4.80 Å². The molecule has 0 bridgehead atoms. The van der Waals surface area contributed by atoms with Crippen molar-refractivity contribution in [3.63, 3.8) is 0 Å². The number of rotatable bonds is 1. The molecule has 4 rings (SSSR count). The summed E-state index contributed by atoms with van der Waals surface area (Å²) in [5.41, 5.74) is 4.40. The van der Waals surface area contributed by atoms with Gasteiger partial charge in [0, 0.05) is 7.05 Å². The molecule has 1 aromatic carbocycles. The van der Waals surface area contributed by atoms with Crippen molar-refractivity contribution in [1.29, 1.82) is 0 Å². The molecule has 2 aliphatic carbocycles. The van der Waals surface area contributed by atoms with E-state index >= 15 is 0 Å². The lowest BCUT2D eigenvalue weighted by molar-refractivity contribution is 0.281. The van der Waals surface area contributed by atoms with E-state index in [2.05, 4.69) is 59.1 Å². The fourth-order valence-corrected chi connectivity index (χ4v) is 4.84. The second-order valence-electron chi connectivity index (χ2n) is 7.04. The summed E-state index contributed by atoms with van der Waals surface area (Å²) in [7, 11) is 2.06. The van der Waals surface area contributed by atoms with Crippen LogP contribution >= 0.6 is 11.3 Å². The Bertz CT molecular complexity index is 868. The zero-order chi connectivity index (χ0) is 15.9. The number of para-hydroxylation sites is 1. The average Bonchev–Trinajstić information content (AvgIpc) is 2.89. The summed E-state index contributed by atoms with van der Waals surface area (Å²) < 4.78 is 3.39. The van der Waals surface area contributed by atoms with Gasteiger partial charge in [0.2, 0.25) is 4.80 Å². The van der Waals surface area contributed by atoms with Crippen molar-refractivity contribution >= 4 is 27.3 Å². The lowest BCUT2D eigenvalue weighted by Crippen LogP contribution is -2.28. The quantitative estimate of drug-likeness (QED) is 0.674. The minimum atomic E-state index is 0.430. The van der Waals surface area contributed by atoms with Gasteiger partial charge in [-0.15, -0.1) is 5.10 Å².